The number of rotatable bonds is 9. The predicted molar refractivity (Wildman–Crippen MR) is 112 cm³/mol. The number of likely N-dealkylation sites (tertiary alicyclic amines) is 1. The van der Waals surface area contributed by atoms with E-state index in [1.165, 1.54) is 17.1 Å². The van der Waals surface area contributed by atoms with E-state index in [0.717, 1.165) is 44.7 Å². The Morgan fingerprint density at radius 3 is 2.36 bits per heavy atom. The topological polar surface area (TPSA) is 39.7 Å². The standard InChI is InChI=1S/C16H31F3N4S.HI/c1-20-15(21-8-3-4-12-24-2)22-9-5-14-6-10-23(11-7-14)13-16(17,18)19;/h14H,3-13H2,1-2H3,(H2,20,21,22);1H. The van der Waals surface area contributed by atoms with Crippen LogP contribution in [0.4, 0.5) is 13.2 Å². The van der Waals surface area contributed by atoms with Crippen LogP contribution < -0.4 is 10.6 Å². The van der Waals surface area contributed by atoms with Gasteiger partial charge in [0.2, 0.25) is 0 Å². The second kappa shape index (κ2) is 14.2. The van der Waals surface area contributed by atoms with Crippen molar-refractivity contribution in [2.45, 2.75) is 38.3 Å². The van der Waals surface area contributed by atoms with Gasteiger partial charge in [0.15, 0.2) is 5.96 Å². The van der Waals surface area contributed by atoms with Gasteiger partial charge in [0.05, 0.1) is 6.54 Å². The van der Waals surface area contributed by atoms with Gasteiger partial charge in [-0.1, -0.05) is 0 Å². The SMILES string of the molecule is CN=C(NCCCCSC)NCCC1CCN(CC(F)(F)F)CC1.I. The molecule has 0 atom stereocenters. The zero-order chi connectivity index (χ0) is 17.8. The number of nitrogens with zero attached hydrogens (tertiary/aromatic N) is 2. The fourth-order valence-electron chi connectivity index (χ4n) is 2.88. The summed E-state index contributed by atoms with van der Waals surface area (Å²) in [6.07, 6.45) is 3.02. The van der Waals surface area contributed by atoms with Crippen molar-refractivity contribution in [2.75, 3.05) is 51.8 Å². The molecule has 0 spiro atoms. The molecule has 1 heterocycles. The molecular formula is C16H32F3IN4S. The Balaban J connectivity index is 0.00000576. The summed E-state index contributed by atoms with van der Waals surface area (Å²) < 4.78 is 37.1. The van der Waals surface area contributed by atoms with E-state index in [1.807, 2.05) is 11.8 Å². The number of unbranched alkanes of at least 4 members (excludes halogenated alkanes) is 1. The highest BCUT2D eigenvalue weighted by Gasteiger charge is 2.32. The Morgan fingerprint density at radius 1 is 1.16 bits per heavy atom. The van der Waals surface area contributed by atoms with Crippen molar-refractivity contribution in [1.29, 1.82) is 0 Å². The van der Waals surface area contributed by atoms with Gasteiger partial charge in [0, 0.05) is 20.1 Å². The molecule has 1 fully saturated rings. The molecule has 0 saturated carbocycles. The van der Waals surface area contributed by atoms with Crippen LogP contribution in [0.2, 0.25) is 0 Å². The second-order valence-corrected chi connectivity index (χ2v) is 7.23. The van der Waals surface area contributed by atoms with E-state index in [1.54, 1.807) is 7.05 Å². The summed E-state index contributed by atoms with van der Waals surface area (Å²) in [5.41, 5.74) is 0. The summed E-state index contributed by atoms with van der Waals surface area (Å²) in [6.45, 7) is 2.05. The zero-order valence-electron chi connectivity index (χ0n) is 15.2. The first-order valence-electron chi connectivity index (χ1n) is 8.67. The Kier molecular flexibility index (Phi) is 14.3. The minimum atomic E-state index is -4.08. The molecule has 1 saturated heterocycles. The summed E-state index contributed by atoms with van der Waals surface area (Å²) in [4.78, 5) is 5.71. The quantitative estimate of drug-likeness (QED) is 0.222. The van der Waals surface area contributed by atoms with Gasteiger partial charge in [-0.25, -0.2) is 0 Å². The van der Waals surface area contributed by atoms with Crippen LogP contribution in [0.3, 0.4) is 0 Å². The summed E-state index contributed by atoms with van der Waals surface area (Å²) in [5.74, 6) is 2.50. The van der Waals surface area contributed by atoms with Crippen molar-refractivity contribution in [3.05, 3.63) is 0 Å². The van der Waals surface area contributed by atoms with E-state index >= 15 is 0 Å². The molecule has 0 aromatic carbocycles. The molecule has 1 rings (SSSR count). The molecule has 1 aliphatic heterocycles. The summed E-state index contributed by atoms with van der Waals surface area (Å²) in [6, 6.07) is 0. The maximum atomic E-state index is 12.4. The van der Waals surface area contributed by atoms with Gasteiger partial charge >= 0.3 is 6.18 Å². The van der Waals surface area contributed by atoms with Crippen LogP contribution in [0.5, 0.6) is 0 Å². The summed E-state index contributed by atoms with van der Waals surface area (Å²) in [5, 5.41) is 6.59. The average molecular weight is 496 g/mol. The average Bonchev–Trinajstić information content (AvgIpc) is 2.53. The van der Waals surface area contributed by atoms with Crippen LogP contribution in [0.1, 0.15) is 32.1 Å². The molecule has 0 aliphatic carbocycles. The Labute approximate surface area is 171 Å². The van der Waals surface area contributed by atoms with E-state index in [2.05, 4.69) is 21.9 Å². The number of aliphatic imine (C=N–C) groups is 1. The highest BCUT2D eigenvalue weighted by atomic mass is 127. The van der Waals surface area contributed by atoms with Gasteiger partial charge in [0.1, 0.15) is 0 Å². The second-order valence-electron chi connectivity index (χ2n) is 6.25. The molecule has 9 heteroatoms. The van der Waals surface area contributed by atoms with Crippen molar-refractivity contribution >= 4 is 41.7 Å². The van der Waals surface area contributed by atoms with Crippen LogP contribution in [0, 0.1) is 5.92 Å². The normalized spacial score (nSPS) is 17.2. The number of piperidine rings is 1. The third-order valence-corrected chi connectivity index (χ3v) is 4.94. The van der Waals surface area contributed by atoms with Crippen molar-refractivity contribution in [2.24, 2.45) is 10.9 Å². The minimum absolute atomic E-state index is 0. The molecule has 2 N–H and O–H groups in total. The highest BCUT2D eigenvalue weighted by Crippen LogP contribution is 2.23. The van der Waals surface area contributed by atoms with Crippen LogP contribution in [0.15, 0.2) is 4.99 Å². The Hall–Kier alpha value is 0.1000. The first-order valence-corrected chi connectivity index (χ1v) is 10.1. The van der Waals surface area contributed by atoms with Crippen LogP contribution in [0.25, 0.3) is 0 Å². The highest BCUT2D eigenvalue weighted by molar-refractivity contribution is 14.0. The van der Waals surface area contributed by atoms with E-state index in [-0.39, 0.29) is 24.0 Å². The largest absolute Gasteiger partial charge is 0.401 e. The summed E-state index contributed by atoms with van der Waals surface area (Å²) in [7, 11) is 1.76. The smallest absolute Gasteiger partial charge is 0.356 e. The van der Waals surface area contributed by atoms with Crippen molar-refractivity contribution in [1.82, 2.24) is 15.5 Å². The number of guanidine groups is 1. The van der Waals surface area contributed by atoms with Crippen LogP contribution in [-0.2, 0) is 0 Å². The monoisotopic (exact) mass is 496 g/mol. The van der Waals surface area contributed by atoms with E-state index in [9.17, 15) is 13.2 Å². The maximum Gasteiger partial charge on any atom is 0.401 e. The van der Waals surface area contributed by atoms with Crippen molar-refractivity contribution in [3.63, 3.8) is 0 Å². The lowest BCUT2D eigenvalue weighted by Gasteiger charge is -2.32. The fourth-order valence-corrected chi connectivity index (χ4v) is 3.37. The first kappa shape index (κ1) is 25.1. The molecule has 0 amide bonds. The lowest BCUT2D eigenvalue weighted by atomic mass is 9.93. The predicted octanol–water partition coefficient (Wildman–Crippen LogP) is 3.58. The molecule has 150 valence electrons. The molecule has 25 heavy (non-hydrogen) atoms. The van der Waals surface area contributed by atoms with Gasteiger partial charge in [0.25, 0.3) is 0 Å². The van der Waals surface area contributed by atoms with E-state index in [0.29, 0.717) is 19.0 Å². The molecule has 0 aromatic heterocycles. The van der Waals surface area contributed by atoms with Gasteiger partial charge in [-0.15, -0.1) is 24.0 Å². The number of hydrogen-bond acceptors (Lipinski definition) is 3. The van der Waals surface area contributed by atoms with Crippen LogP contribution >= 0.6 is 35.7 Å². The van der Waals surface area contributed by atoms with Crippen LogP contribution in [-0.4, -0.2) is 68.8 Å². The van der Waals surface area contributed by atoms with Crippen molar-refractivity contribution < 1.29 is 13.2 Å². The third-order valence-electron chi connectivity index (χ3n) is 4.25. The lowest BCUT2D eigenvalue weighted by molar-refractivity contribution is -0.148. The zero-order valence-corrected chi connectivity index (χ0v) is 18.3. The molecule has 0 bridgehead atoms. The van der Waals surface area contributed by atoms with Gasteiger partial charge in [-0.05, 0) is 63.1 Å². The minimum Gasteiger partial charge on any atom is -0.356 e. The molecule has 4 nitrogen and oxygen atoms in total. The molecule has 1 aliphatic rings. The van der Waals surface area contributed by atoms with Crippen molar-refractivity contribution in [3.8, 4) is 0 Å². The molecule has 0 radical (unpaired) electrons. The molecule has 0 unspecified atom stereocenters. The number of thioether (sulfide) groups is 1. The number of alkyl halides is 3. The lowest BCUT2D eigenvalue weighted by Crippen LogP contribution is -2.41. The number of halogens is 4. The van der Waals surface area contributed by atoms with E-state index in [4.69, 9.17) is 0 Å². The third kappa shape index (κ3) is 13.0. The molecular weight excluding hydrogens is 464 g/mol. The Bertz CT molecular complexity index is 362. The summed E-state index contributed by atoms with van der Waals surface area (Å²) >= 11 is 1.86. The van der Waals surface area contributed by atoms with Gasteiger partial charge in [-0.3, -0.25) is 9.89 Å². The fraction of sp³-hybridized carbons (Fsp3) is 0.938. The molecule has 0 aromatic rings. The van der Waals surface area contributed by atoms with Gasteiger partial charge < -0.3 is 10.6 Å². The Morgan fingerprint density at radius 2 is 1.80 bits per heavy atom. The first-order chi connectivity index (χ1) is 11.4. The maximum absolute atomic E-state index is 12.4. The van der Waals surface area contributed by atoms with Gasteiger partial charge in [-0.2, -0.15) is 24.9 Å². The van der Waals surface area contributed by atoms with E-state index < -0.39 is 12.7 Å². The number of hydrogen-bond donors (Lipinski definition) is 2. The number of nitrogens with one attached hydrogen (secondary N) is 2.